The number of hydrogen-bond acceptors (Lipinski definition) is 3. The molecule has 82 valence electrons. The van der Waals surface area contributed by atoms with E-state index in [1.807, 2.05) is 0 Å². The normalized spacial score (nSPS) is 10.3. The minimum Gasteiger partial charge on any atom is -0.504 e. The highest BCUT2D eigenvalue weighted by Crippen LogP contribution is 2.21. The van der Waals surface area contributed by atoms with Gasteiger partial charge in [0.1, 0.15) is 0 Å². The summed E-state index contributed by atoms with van der Waals surface area (Å²) in [6.45, 7) is 0. The van der Waals surface area contributed by atoms with Gasteiger partial charge < -0.3 is 10.2 Å². The second-order valence-corrected chi connectivity index (χ2v) is 3.51. The molecule has 0 atom stereocenters. The summed E-state index contributed by atoms with van der Waals surface area (Å²) in [5, 5.41) is 22.6. The summed E-state index contributed by atoms with van der Waals surface area (Å²) in [6.07, 6.45) is 1.08. The Morgan fingerprint density at radius 1 is 1.31 bits per heavy atom. The first-order valence-electron chi connectivity index (χ1n) is 4.36. The minimum absolute atomic E-state index is 0.276. The Kier molecular flexibility index (Phi) is 2.54. The van der Waals surface area contributed by atoms with Crippen molar-refractivity contribution in [3.8, 4) is 11.4 Å². The number of carbonyl (C=O) groups is 1. The van der Waals surface area contributed by atoms with Gasteiger partial charge in [0.15, 0.2) is 11.4 Å². The zero-order chi connectivity index (χ0) is 11.7. The van der Waals surface area contributed by atoms with E-state index in [-0.39, 0.29) is 11.4 Å². The van der Waals surface area contributed by atoms with Gasteiger partial charge in [0.05, 0.1) is 11.9 Å². The number of rotatable bonds is 2. The molecule has 2 rings (SSSR count). The maximum Gasteiger partial charge on any atom is 0.358 e. The van der Waals surface area contributed by atoms with Crippen LogP contribution in [-0.4, -0.2) is 26.0 Å². The van der Waals surface area contributed by atoms with E-state index in [4.69, 9.17) is 16.7 Å². The molecule has 2 aromatic rings. The first-order chi connectivity index (χ1) is 7.59. The number of nitrogens with zero attached hydrogens (tertiary/aromatic N) is 2. The number of carboxylic acid groups (broad SMARTS) is 1. The van der Waals surface area contributed by atoms with Crippen LogP contribution in [0.3, 0.4) is 0 Å². The number of aromatic carboxylic acids is 1. The lowest BCUT2D eigenvalue weighted by Gasteiger charge is -2.04. The smallest absolute Gasteiger partial charge is 0.358 e. The van der Waals surface area contributed by atoms with Crippen molar-refractivity contribution >= 4 is 17.6 Å². The Bertz CT molecular complexity index is 533. The van der Waals surface area contributed by atoms with Gasteiger partial charge in [0.2, 0.25) is 0 Å². The average Bonchev–Trinajstić information content (AvgIpc) is 2.61. The molecule has 0 saturated heterocycles. The van der Waals surface area contributed by atoms with Crippen LogP contribution in [0, 0.1) is 0 Å². The van der Waals surface area contributed by atoms with Crippen molar-refractivity contribution in [1.82, 2.24) is 9.78 Å². The van der Waals surface area contributed by atoms with Crippen LogP contribution in [-0.2, 0) is 0 Å². The first-order valence-corrected chi connectivity index (χ1v) is 4.73. The fourth-order valence-electron chi connectivity index (χ4n) is 1.32. The highest BCUT2D eigenvalue weighted by atomic mass is 35.5. The largest absolute Gasteiger partial charge is 0.504 e. The van der Waals surface area contributed by atoms with E-state index < -0.39 is 5.97 Å². The van der Waals surface area contributed by atoms with Crippen molar-refractivity contribution in [3.63, 3.8) is 0 Å². The number of halogens is 1. The van der Waals surface area contributed by atoms with Crippen LogP contribution in [0.25, 0.3) is 5.69 Å². The quantitative estimate of drug-likeness (QED) is 0.838. The lowest BCUT2D eigenvalue weighted by atomic mass is 10.3. The van der Waals surface area contributed by atoms with Crippen molar-refractivity contribution in [2.24, 2.45) is 0 Å². The van der Waals surface area contributed by atoms with Crippen LogP contribution >= 0.6 is 11.6 Å². The Balaban J connectivity index is 2.56. The molecule has 0 amide bonds. The molecular weight excluding hydrogens is 232 g/mol. The van der Waals surface area contributed by atoms with E-state index in [1.165, 1.54) is 0 Å². The standard InChI is InChI=1S/C10H7ClN2O3/c11-6-1-3-7(4-2-6)13-9(10(15)16)8(14)5-12-13/h1-5,14H,(H,15,16). The summed E-state index contributed by atoms with van der Waals surface area (Å²) in [6, 6.07) is 6.45. The molecule has 0 unspecified atom stereocenters. The van der Waals surface area contributed by atoms with Gasteiger partial charge in [-0.05, 0) is 24.3 Å². The van der Waals surface area contributed by atoms with Gasteiger partial charge in [-0.25, -0.2) is 9.48 Å². The minimum atomic E-state index is -1.25. The van der Waals surface area contributed by atoms with Crippen molar-refractivity contribution in [3.05, 3.63) is 41.2 Å². The molecule has 1 aromatic heterocycles. The Morgan fingerprint density at radius 3 is 2.50 bits per heavy atom. The van der Waals surface area contributed by atoms with Gasteiger partial charge in [0.25, 0.3) is 0 Å². The van der Waals surface area contributed by atoms with Crippen molar-refractivity contribution in [2.45, 2.75) is 0 Å². The van der Waals surface area contributed by atoms with E-state index in [0.29, 0.717) is 10.7 Å². The van der Waals surface area contributed by atoms with Crippen molar-refractivity contribution < 1.29 is 15.0 Å². The third-order valence-electron chi connectivity index (χ3n) is 2.02. The summed E-state index contributed by atoms with van der Waals surface area (Å²) >= 11 is 5.71. The van der Waals surface area contributed by atoms with Crippen LogP contribution in [0.5, 0.6) is 5.75 Å². The predicted molar refractivity (Wildman–Crippen MR) is 57.2 cm³/mol. The van der Waals surface area contributed by atoms with Crippen LogP contribution in [0.15, 0.2) is 30.5 Å². The molecule has 0 aliphatic carbocycles. The van der Waals surface area contributed by atoms with Crippen LogP contribution in [0.1, 0.15) is 10.5 Å². The fraction of sp³-hybridized carbons (Fsp3) is 0. The average molecular weight is 239 g/mol. The van der Waals surface area contributed by atoms with Crippen molar-refractivity contribution in [2.75, 3.05) is 0 Å². The van der Waals surface area contributed by atoms with Gasteiger partial charge in [-0.15, -0.1) is 0 Å². The lowest BCUT2D eigenvalue weighted by Crippen LogP contribution is -2.07. The van der Waals surface area contributed by atoms with E-state index in [0.717, 1.165) is 10.9 Å². The summed E-state index contributed by atoms with van der Waals surface area (Å²) in [4.78, 5) is 10.9. The van der Waals surface area contributed by atoms with E-state index in [9.17, 15) is 9.90 Å². The molecular formula is C10H7ClN2O3. The molecule has 0 radical (unpaired) electrons. The van der Waals surface area contributed by atoms with Gasteiger partial charge in [-0.2, -0.15) is 5.10 Å². The molecule has 5 nitrogen and oxygen atoms in total. The number of hydrogen-bond donors (Lipinski definition) is 2. The maximum absolute atomic E-state index is 10.9. The van der Waals surface area contributed by atoms with Gasteiger partial charge in [-0.3, -0.25) is 0 Å². The zero-order valence-electron chi connectivity index (χ0n) is 7.96. The third kappa shape index (κ3) is 1.72. The first kappa shape index (κ1) is 10.5. The summed E-state index contributed by atoms with van der Waals surface area (Å²) in [5.41, 5.74) is 0.240. The number of carboxylic acids is 1. The number of aromatic nitrogens is 2. The number of aromatic hydroxyl groups is 1. The Morgan fingerprint density at radius 2 is 1.94 bits per heavy atom. The van der Waals surface area contributed by atoms with E-state index in [2.05, 4.69) is 5.10 Å². The molecule has 0 spiro atoms. The SMILES string of the molecule is O=C(O)c1c(O)cnn1-c1ccc(Cl)cc1. The monoisotopic (exact) mass is 238 g/mol. The van der Waals surface area contributed by atoms with E-state index in [1.54, 1.807) is 24.3 Å². The summed E-state index contributed by atoms with van der Waals surface area (Å²) < 4.78 is 1.13. The molecule has 0 fully saturated rings. The molecule has 1 heterocycles. The highest BCUT2D eigenvalue weighted by molar-refractivity contribution is 6.30. The summed E-state index contributed by atoms with van der Waals surface area (Å²) in [7, 11) is 0. The van der Waals surface area contributed by atoms with Crippen molar-refractivity contribution in [1.29, 1.82) is 0 Å². The molecule has 2 N–H and O–H groups in total. The molecule has 0 aliphatic rings. The summed E-state index contributed by atoms with van der Waals surface area (Å²) in [5.74, 6) is -1.62. The fourth-order valence-corrected chi connectivity index (χ4v) is 1.44. The second-order valence-electron chi connectivity index (χ2n) is 3.07. The molecule has 0 aliphatic heterocycles. The van der Waals surface area contributed by atoms with Gasteiger partial charge in [-0.1, -0.05) is 11.6 Å². The maximum atomic E-state index is 10.9. The topological polar surface area (TPSA) is 75.3 Å². The Labute approximate surface area is 95.5 Å². The molecule has 16 heavy (non-hydrogen) atoms. The lowest BCUT2D eigenvalue weighted by molar-refractivity contribution is 0.0684. The van der Waals surface area contributed by atoms with Crippen LogP contribution in [0.4, 0.5) is 0 Å². The van der Waals surface area contributed by atoms with Gasteiger partial charge >= 0.3 is 5.97 Å². The third-order valence-corrected chi connectivity index (χ3v) is 2.28. The second kappa shape index (κ2) is 3.86. The molecule has 0 bridgehead atoms. The Hall–Kier alpha value is -2.01. The highest BCUT2D eigenvalue weighted by Gasteiger charge is 2.18. The predicted octanol–water partition coefficient (Wildman–Crippen LogP) is 1.93. The van der Waals surface area contributed by atoms with Crippen LogP contribution in [0.2, 0.25) is 5.02 Å². The van der Waals surface area contributed by atoms with Gasteiger partial charge in [0, 0.05) is 5.02 Å². The zero-order valence-corrected chi connectivity index (χ0v) is 8.72. The van der Waals surface area contributed by atoms with E-state index >= 15 is 0 Å². The molecule has 1 aromatic carbocycles. The molecule has 6 heteroatoms. The molecule has 0 saturated carbocycles. The van der Waals surface area contributed by atoms with Crippen LogP contribution < -0.4 is 0 Å². The number of benzene rings is 1.